The minimum absolute atomic E-state index is 0.180. The molecule has 1 aliphatic heterocycles. The number of hydrogen-bond donors (Lipinski definition) is 2. The highest BCUT2D eigenvalue weighted by atomic mass is 16.6. The molecule has 0 saturated carbocycles. The van der Waals surface area contributed by atoms with Crippen molar-refractivity contribution in [2.75, 3.05) is 6.61 Å². The molecule has 1 saturated heterocycles. The summed E-state index contributed by atoms with van der Waals surface area (Å²) in [6, 6.07) is 9.00. The number of amides is 1. The summed E-state index contributed by atoms with van der Waals surface area (Å²) >= 11 is 0. The molecular formula is C14H17NO5. The number of benzene rings is 1. The molecule has 1 fully saturated rings. The number of ether oxygens (including phenoxy) is 2. The van der Waals surface area contributed by atoms with Gasteiger partial charge in [0.2, 0.25) is 0 Å². The SMILES string of the molecule is CC(C(=O)O)C1OCC1NC(=O)OCc1ccccc1. The highest BCUT2D eigenvalue weighted by molar-refractivity contribution is 5.71. The Labute approximate surface area is 116 Å². The molecule has 0 spiro atoms. The van der Waals surface area contributed by atoms with Crippen LogP contribution < -0.4 is 5.32 Å². The van der Waals surface area contributed by atoms with Gasteiger partial charge < -0.3 is 19.9 Å². The quantitative estimate of drug-likeness (QED) is 0.851. The number of rotatable bonds is 5. The fourth-order valence-electron chi connectivity index (χ4n) is 1.98. The van der Waals surface area contributed by atoms with Crippen LogP contribution in [0.4, 0.5) is 4.79 Å². The minimum Gasteiger partial charge on any atom is -0.481 e. The Balaban J connectivity index is 1.76. The molecule has 6 nitrogen and oxygen atoms in total. The molecule has 2 rings (SSSR count). The third kappa shape index (κ3) is 3.48. The van der Waals surface area contributed by atoms with Gasteiger partial charge in [-0.3, -0.25) is 4.79 Å². The molecule has 2 N–H and O–H groups in total. The average molecular weight is 279 g/mol. The smallest absolute Gasteiger partial charge is 0.407 e. The van der Waals surface area contributed by atoms with Crippen LogP contribution in [-0.2, 0) is 20.9 Å². The van der Waals surface area contributed by atoms with E-state index in [1.54, 1.807) is 6.92 Å². The van der Waals surface area contributed by atoms with Crippen molar-refractivity contribution >= 4 is 12.1 Å². The predicted molar refractivity (Wildman–Crippen MR) is 70.1 cm³/mol. The second kappa shape index (κ2) is 6.38. The zero-order valence-corrected chi connectivity index (χ0v) is 11.1. The zero-order valence-electron chi connectivity index (χ0n) is 11.1. The Kier molecular flexibility index (Phi) is 4.57. The van der Waals surface area contributed by atoms with Crippen molar-refractivity contribution in [1.29, 1.82) is 0 Å². The van der Waals surface area contributed by atoms with Gasteiger partial charge in [-0.1, -0.05) is 30.3 Å². The second-order valence-electron chi connectivity index (χ2n) is 4.74. The molecular weight excluding hydrogens is 262 g/mol. The molecule has 0 radical (unpaired) electrons. The van der Waals surface area contributed by atoms with E-state index in [-0.39, 0.29) is 12.6 Å². The molecule has 1 amide bonds. The predicted octanol–water partition coefficient (Wildman–Crippen LogP) is 1.40. The van der Waals surface area contributed by atoms with Crippen molar-refractivity contribution in [2.45, 2.75) is 25.7 Å². The monoisotopic (exact) mass is 279 g/mol. The maximum Gasteiger partial charge on any atom is 0.407 e. The van der Waals surface area contributed by atoms with Crippen LogP contribution in [0.25, 0.3) is 0 Å². The van der Waals surface area contributed by atoms with E-state index in [9.17, 15) is 9.59 Å². The molecule has 1 aliphatic rings. The van der Waals surface area contributed by atoms with Crippen molar-refractivity contribution in [3.63, 3.8) is 0 Å². The summed E-state index contributed by atoms with van der Waals surface area (Å²) in [5.41, 5.74) is 0.892. The van der Waals surface area contributed by atoms with Crippen LogP contribution >= 0.6 is 0 Å². The van der Waals surface area contributed by atoms with Crippen LogP contribution in [-0.4, -0.2) is 35.9 Å². The Morgan fingerprint density at radius 1 is 1.45 bits per heavy atom. The second-order valence-corrected chi connectivity index (χ2v) is 4.74. The van der Waals surface area contributed by atoms with Gasteiger partial charge in [0.25, 0.3) is 0 Å². The van der Waals surface area contributed by atoms with Crippen LogP contribution in [0.15, 0.2) is 30.3 Å². The largest absolute Gasteiger partial charge is 0.481 e. The van der Waals surface area contributed by atoms with E-state index in [0.717, 1.165) is 5.56 Å². The van der Waals surface area contributed by atoms with Crippen molar-refractivity contribution in [1.82, 2.24) is 5.32 Å². The lowest BCUT2D eigenvalue weighted by molar-refractivity contribution is -0.160. The minimum atomic E-state index is -0.945. The van der Waals surface area contributed by atoms with E-state index >= 15 is 0 Å². The Hall–Kier alpha value is -2.08. The summed E-state index contributed by atoms with van der Waals surface area (Å²) in [7, 11) is 0. The van der Waals surface area contributed by atoms with E-state index in [1.165, 1.54) is 0 Å². The molecule has 0 aliphatic carbocycles. The summed E-state index contributed by atoms with van der Waals surface area (Å²) in [6.07, 6.45) is -1.07. The lowest BCUT2D eigenvalue weighted by atomic mass is 9.94. The van der Waals surface area contributed by atoms with E-state index in [0.29, 0.717) is 6.61 Å². The van der Waals surface area contributed by atoms with Crippen LogP contribution in [0.5, 0.6) is 0 Å². The van der Waals surface area contributed by atoms with Gasteiger partial charge in [-0.05, 0) is 12.5 Å². The number of nitrogens with one attached hydrogen (secondary N) is 1. The van der Waals surface area contributed by atoms with Crippen LogP contribution in [0.2, 0.25) is 0 Å². The van der Waals surface area contributed by atoms with Gasteiger partial charge in [-0.15, -0.1) is 0 Å². The van der Waals surface area contributed by atoms with E-state index in [1.807, 2.05) is 30.3 Å². The molecule has 0 bridgehead atoms. The molecule has 3 unspecified atom stereocenters. The van der Waals surface area contributed by atoms with Gasteiger partial charge in [0.15, 0.2) is 0 Å². The third-order valence-corrected chi connectivity index (χ3v) is 3.26. The standard InChI is InChI=1S/C14H17NO5/c1-9(13(16)17)12-11(8-19-12)15-14(18)20-7-10-5-3-2-4-6-10/h2-6,9,11-12H,7-8H2,1H3,(H,15,18)(H,16,17). The Morgan fingerprint density at radius 2 is 2.15 bits per heavy atom. The molecule has 20 heavy (non-hydrogen) atoms. The summed E-state index contributed by atoms with van der Waals surface area (Å²) in [4.78, 5) is 22.5. The maximum atomic E-state index is 11.6. The van der Waals surface area contributed by atoms with Crippen LogP contribution in [0.1, 0.15) is 12.5 Å². The van der Waals surface area contributed by atoms with Gasteiger partial charge in [0, 0.05) is 0 Å². The number of hydrogen-bond acceptors (Lipinski definition) is 4. The highest BCUT2D eigenvalue weighted by Crippen LogP contribution is 2.21. The van der Waals surface area contributed by atoms with Gasteiger partial charge in [-0.25, -0.2) is 4.79 Å². The molecule has 1 aromatic carbocycles. The first kappa shape index (κ1) is 14.3. The lowest BCUT2D eigenvalue weighted by Gasteiger charge is -2.39. The number of alkyl carbamates (subject to hydrolysis) is 1. The zero-order chi connectivity index (χ0) is 14.5. The summed E-state index contributed by atoms with van der Waals surface area (Å²) in [6.45, 7) is 2.04. The number of carbonyl (C=O) groups excluding carboxylic acids is 1. The Morgan fingerprint density at radius 3 is 2.70 bits per heavy atom. The molecule has 1 aromatic rings. The number of carbonyl (C=O) groups is 2. The van der Waals surface area contributed by atoms with Gasteiger partial charge >= 0.3 is 12.1 Å². The van der Waals surface area contributed by atoms with Crippen LogP contribution in [0, 0.1) is 5.92 Å². The molecule has 0 aromatic heterocycles. The number of carboxylic acids is 1. The van der Waals surface area contributed by atoms with Gasteiger partial charge in [0.1, 0.15) is 6.61 Å². The fraction of sp³-hybridized carbons (Fsp3) is 0.429. The summed E-state index contributed by atoms with van der Waals surface area (Å²) < 4.78 is 10.2. The molecule has 6 heteroatoms. The summed E-state index contributed by atoms with van der Waals surface area (Å²) in [5, 5.41) is 11.5. The first-order valence-corrected chi connectivity index (χ1v) is 6.39. The average Bonchev–Trinajstić information content (AvgIpc) is 2.42. The van der Waals surface area contributed by atoms with Crippen molar-refractivity contribution in [2.24, 2.45) is 5.92 Å². The Bertz CT molecular complexity index is 476. The fourth-order valence-corrected chi connectivity index (χ4v) is 1.98. The van der Waals surface area contributed by atoms with Crippen molar-refractivity contribution in [3.05, 3.63) is 35.9 Å². The maximum absolute atomic E-state index is 11.6. The first-order valence-electron chi connectivity index (χ1n) is 6.39. The number of aliphatic carboxylic acids is 1. The lowest BCUT2D eigenvalue weighted by Crippen LogP contribution is -2.59. The van der Waals surface area contributed by atoms with Gasteiger partial charge in [-0.2, -0.15) is 0 Å². The van der Waals surface area contributed by atoms with E-state index in [2.05, 4.69) is 5.32 Å². The third-order valence-electron chi connectivity index (χ3n) is 3.26. The number of carboxylic acid groups (broad SMARTS) is 1. The normalized spacial score (nSPS) is 22.4. The topological polar surface area (TPSA) is 84.9 Å². The first-order chi connectivity index (χ1) is 9.58. The highest BCUT2D eigenvalue weighted by Gasteiger charge is 2.40. The van der Waals surface area contributed by atoms with Crippen LogP contribution in [0.3, 0.4) is 0 Å². The van der Waals surface area contributed by atoms with E-state index in [4.69, 9.17) is 14.6 Å². The molecule has 1 heterocycles. The van der Waals surface area contributed by atoms with Crippen molar-refractivity contribution < 1.29 is 24.2 Å². The van der Waals surface area contributed by atoms with E-state index < -0.39 is 24.1 Å². The summed E-state index contributed by atoms with van der Waals surface area (Å²) in [5.74, 6) is -1.61. The molecule has 108 valence electrons. The molecule has 3 atom stereocenters. The van der Waals surface area contributed by atoms with Gasteiger partial charge in [0.05, 0.1) is 24.7 Å². The van der Waals surface area contributed by atoms with Crippen molar-refractivity contribution in [3.8, 4) is 0 Å².